The van der Waals surface area contributed by atoms with E-state index < -0.39 is 9.84 Å². The molecule has 2 aromatic rings. The fraction of sp³-hybridized carbons (Fsp3) is 0.133. The van der Waals surface area contributed by atoms with Crippen LogP contribution in [0.2, 0.25) is 0 Å². The molecule has 0 aliphatic heterocycles. The summed E-state index contributed by atoms with van der Waals surface area (Å²) in [7, 11) is -3.60. The molecule has 0 aliphatic carbocycles. The van der Waals surface area contributed by atoms with Gasteiger partial charge in [0, 0.05) is 6.08 Å². The van der Waals surface area contributed by atoms with E-state index in [9.17, 15) is 13.2 Å². The van der Waals surface area contributed by atoms with Crippen molar-refractivity contribution in [3.05, 3.63) is 63.2 Å². The molecule has 0 fully saturated rings. The molecule has 0 saturated heterocycles. The van der Waals surface area contributed by atoms with Gasteiger partial charge in [-0.2, -0.15) is 0 Å². The highest BCUT2D eigenvalue weighted by atomic mass is 32.2. The summed E-state index contributed by atoms with van der Waals surface area (Å²) in [6.07, 6.45) is 1.18. The highest BCUT2D eigenvalue weighted by molar-refractivity contribution is 7.95. The minimum absolute atomic E-state index is 0.0553. The first-order chi connectivity index (χ1) is 9.41. The van der Waals surface area contributed by atoms with Crippen LogP contribution in [0.1, 0.15) is 22.2 Å². The molecule has 5 heteroatoms. The number of ketones is 1. The van der Waals surface area contributed by atoms with E-state index >= 15 is 0 Å². The average Bonchev–Trinajstić information content (AvgIpc) is 2.93. The number of thiophene rings is 1. The van der Waals surface area contributed by atoms with Crippen LogP contribution >= 0.6 is 11.3 Å². The van der Waals surface area contributed by atoms with Crippen molar-refractivity contribution in [1.82, 2.24) is 0 Å². The van der Waals surface area contributed by atoms with Gasteiger partial charge in [-0.25, -0.2) is 8.42 Å². The van der Waals surface area contributed by atoms with Crippen LogP contribution < -0.4 is 0 Å². The maximum Gasteiger partial charge on any atom is 0.202 e. The molecule has 0 bridgehead atoms. The van der Waals surface area contributed by atoms with Crippen LogP contribution in [-0.4, -0.2) is 14.2 Å². The van der Waals surface area contributed by atoms with Crippen molar-refractivity contribution >= 4 is 27.0 Å². The second-order valence-corrected chi connectivity index (χ2v) is 7.48. The Morgan fingerprint density at radius 2 is 1.80 bits per heavy atom. The van der Waals surface area contributed by atoms with Gasteiger partial charge < -0.3 is 0 Å². The SMILES string of the molecule is C/C(=C\C(=O)c1cccs1)S(=O)(=O)c1ccc(C)cc1. The molecule has 1 heterocycles. The smallest absolute Gasteiger partial charge is 0.202 e. The third kappa shape index (κ3) is 3.05. The molecule has 104 valence electrons. The van der Waals surface area contributed by atoms with Crippen LogP contribution in [0, 0.1) is 6.92 Å². The lowest BCUT2D eigenvalue weighted by Crippen LogP contribution is -2.04. The Kier molecular flexibility index (Phi) is 4.20. The highest BCUT2D eigenvalue weighted by Crippen LogP contribution is 2.20. The van der Waals surface area contributed by atoms with Gasteiger partial charge in [-0.05, 0) is 37.4 Å². The summed E-state index contributed by atoms with van der Waals surface area (Å²) in [5, 5.41) is 1.78. The summed E-state index contributed by atoms with van der Waals surface area (Å²) in [5.41, 5.74) is 0.986. The van der Waals surface area contributed by atoms with Crippen LogP contribution in [0.15, 0.2) is 57.7 Å². The summed E-state index contributed by atoms with van der Waals surface area (Å²) < 4.78 is 24.7. The van der Waals surface area contributed by atoms with Gasteiger partial charge in [0.25, 0.3) is 0 Å². The van der Waals surface area contributed by atoms with Crippen molar-refractivity contribution in [2.75, 3.05) is 0 Å². The van der Waals surface area contributed by atoms with Crippen molar-refractivity contribution in [2.24, 2.45) is 0 Å². The third-order valence-corrected chi connectivity index (χ3v) is 5.60. The van der Waals surface area contributed by atoms with E-state index in [1.54, 1.807) is 41.8 Å². The first-order valence-electron chi connectivity index (χ1n) is 5.99. The Hall–Kier alpha value is -1.72. The fourth-order valence-corrected chi connectivity index (χ4v) is 3.42. The van der Waals surface area contributed by atoms with E-state index in [4.69, 9.17) is 0 Å². The molecule has 2 rings (SSSR count). The standard InChI is InChI=1S/C15H14O3S2/c1-11-5-7-13(8-6-11)20(17,18)12(2)10-14(16)15-4-3-9-19-15/h3-10H,1-2H3/b12-10+. The van der Waals surface area contributed by atoms with Gasteiger partial charge >= 0.3 is 0 Å². The Morgan fingerprint density at radius 3 is 2.35 bits per heavy atom. The van der Waals surface area contributed by atoms with Gasteiger partial charge in [0.2, 0.25) is 9.84 Å². The Bertz CT molecular complexity index is 737. The highest BCUT2D eigenvalue weighted by Gasteiger charge is 2.18. The molecule has 3 nitrogen and oxygen atoms in total. The van der Waals surface area contributed by atoms with E-state index in [0.717, 1.165) is 5.56 Å². The predicted molar refractivity (Wildman–Crippen MR) is 80.8 cm³/mol. The largest absolute Gasteiger partial charge is 0.288 e. The zero-order valence-corrected chi connectivity index (χ0v) is 12.8. The number of aryl methyl sites for hydroxylation is 1. The molecule has 20 heavy (non-hydrogen) atoms. The zero-order chi connectivity index (χ0) is 14.8. The lowest BCUT2D eigenvalue weighted by atomic mass is 10.2. The maximum absolute atomic E-state index is 12.3. The summed E-state index contributed by atoms with van der Waals surface area (Å²) >= 11 is 1.29. The molecule has 0 aliphatic rings. The molecule has 0 amide bonds. The topological polar surface area (TPSA) is 51.2 Å². The average molecular weight is 306 g/mol. The molecule has 0 unspecified atom stereocenters. The van der Waals surface area contributed by atoms with Crippen molar-refractivity contribution < 1.29 is 13.2 Å². The normalized spacial score (nSPS) is 12.4. The number of rotatable bonds is 4. The second kappa shape index (κ2) is 5.73. The number of benzene rings is 1. The summed E-state index contributed by atoms with van der Waals surface area (Å²) in [6.45, 7) is 3.33. The molecule has 0 atom stereocenters. The van der Waals surface area contributed by atoms with E-state index in [0.29, 0.717) is 4.88 Å². The molecule has 0 radical (unpaired) electrons. The van der Waals surface area contributed by atoms with Gasteiger partial charge in [0.05, 0.1) is 14.7 Å². The van der Waals surface area contributed by atoms with Crippen molar-refractivity contribution in [3.8, 4) is 0 Å². The molecule has 1 aromatic heterocycles. The zero-order valence-electron chi connectivity index (χ0n) is 11.2. The van der Waals surface area contributed by atoms with Gasteiger partial charge in [-0.3, -0.25) is 4.79 Å². The lowest BCUT2D eigenvalue weighted by Gasteiger charge is -2.04. The van der Waals surface area contributed by atoms with Gasteiger partial charge in [-0.15, -0.1) is 11.3 Å². The van der Waals surface area contributed by atoms with Gasteiger partial charge in [-0.1, -0.05) is 23.8 Å². The van der Waals surface area contributed by atoms with Crippen LogP contribution in [0.3, 0.4) is 0 Å². The Morgan fingerprint density at radius 1 is 1.15 bits per heavy atom. The minimum atomic E-state index is -3.60. The van der Waals surface area contributed by atoms with Crippen molar-refractivity contribution in [1.29, 1.82) is 0 Å². The summed E-state index contributed by atoms with van der Waals surface area (Å²) in [4.78, 5) is 12.7. The molecule has 0 N–H and O–H groups in total. The third-order valence-electron chi connectivity index (χ3n) is 2.85. The number of hydrogen-bond acceptors (Lipinski definition) is 4. The quantitative estimate of drug-likeness (QED) is 0.640. The summed E-state index contributed by atoms with van der Waals surface area (Å²) in [6, 6.07) is 10.0. The minimum Gasteiger partial charge on any atom is -0.288 e. The van der Waals surface area contributed by atoms with E-state index in [1.165, 1.54) is 24.3 Å². The van der Waals surface area contributed by atoms with Crippen LogP contribution in [0.25, 0.3) is 0 Å². The first-order valence-corrected chi connectivity index (χ1v) is 8.35. The van der Waals surface area contributed by atoms with E-state index in [2.05, 4.69) is 0 Å². The van der Waals surface area contributed by atoms with E-state index in [1.807, 2.05) is 6.92 Å². The van der Waals surface area contributed by atoms with Crippen molar-refractivity contribution in [2.45, 2.75) is 18.7 Å². The summed E-state index contributed by atoms with van der Waals surface area (Å²) in [5.74, 6) is -0.284. The van der Waals surface area contributed by atoms with Crippen LogP contribution in [-0.2, 0) is 9.84 Å². The van der Waals surface area contributed by atoms with Crippen molar-refractivity contribution in [3.63, 3.8) is 0 Å². The second-order valence-electron chi connectivity index (χ2n) is 4.41. The fourth-order valence-electron chi connectivity index (χ4n) is 1.66. The molecular formula is C15H14O3S2. The molecular weight excluding hydrogens is 292 g/mol. The predicted octanol–water partition coefficient (Wildman–Crippen LogP) is 3.62. The Balaban J connectivity index is 2.34. The molecule has 0 spiro atoms. The monoisotopic (exact) mass is 306 g/mol. The Labute approximate surface area is 122 Å². The maximum atomic E-state index is 12.3. The molecule has 1 aromatic carbocycles. The van der Waals surface area contributed by atoms with Crippen LogP contribution in [0.4, 0.5) is 0 Å². The number of carbonyl (C=O) groups is 1. The molecule has 0 saturated carbocycles. The first kappa shape index (κ1) is 14.7. The number of sulfone groups is 1. The van der Waals surface area contributed by atoms with Gasteiger partial charge in [0.15, 0.2) is 5.78 Å². The van der Waals surface area contributed by atoms with Gasteiger partial charge in [0.1, 0.15) is 0 Å². The lowest BCUT2D eigenvalue weighted by molar-refractivity contribution is 0.105. The number of carbonyl (C=O) groups excluding carboxylic acids is 1. The number of hydrogen-bond donors (Lipinski definition) is 0. The van der Waals surface area contributed by atoms with Crippen LogP contribution in [0.5, 0.6) is 0 Å². The number of allylic oxidation sites excluding steroid dienone is 2. The van der Waals surface area contributed by atoms with E-state index in [-0.39, 0.29) is 15.6 Å².